The highest BCUT2D eigenvalue weighted by molar-refractivity contribution is 7.90. The van der Waals surface area contributed by atoms with Crippen LogP contribution in [0.3, 0.4) is 0 Å². The first-order valence-electron chi connectivity index (χ1n) is 13.3. The maximum atomic E-state index is 13.2. The maximum absolute atomic E-state index is 13.2. The summed E-state index contributed by atoms with van der Waals surface area (Å²) in [5, 5.41) is 12.6. The van der Waals surface area contributed by atoms with E-state index in [1.54, 1.807) is 18.4 Å². The Kier molecular flexibility index (Phi) is 6.78. The molecule has 10 nitrogen and oxygen atoms in total. The van der Waals surface area contributed by atoms with Gasteiger partial charge < -0.3 is 9.42 Å². The zero-order valence-corrected chi connectivity index (χ0v) is 22.9. The summed E-state index contributed by atoms with van der Waals surface area (Å²) in [6.45, 7) is 6.83. The monoisotopic (exact) mass is 545 g/mol. The van der Waals surface area contributed by atoms with E-state index in [0.29, 0.717) is 34.8 Å². The number of benzene rings is 1. The fourth-order valence-corrected chi connectivity index (χ4v) is 6.69. The normalized spacial score (nSPS) is 14.5. The van der Waals surface area contributed by atoms with Gasteiger partial charge in [0.25, 0.3) is 10.0 Å². The van der Waals surface area contributed by atoms with Crippen LogP contribution in [0.25, 0.3) is 16.9 Å². The smallest absolute Gasteiger partial charge is 0.288 e. The third-order valence-electron chi connectivity index (χ3n) is 7.26. The van der Waals surface area contributed by atoms with Crippen molar-refractivity contribution in [2.24, 2.45) is 0 Å². The van der Waals surface area contributed by atoms with Crippen molar-refractivity contribution >= 4 is 15.7 Å². The summed E-state index contributed by atoms with van der Waals surface area (Å²) in [4.78, 5) is 7.29. The average molecular weight is 546 g/mol. The largest absolute Gasteiger partial charge is 0.360 e. The standard InChI is InChI=1S/C28H31N7O3S/c1-20-28(21(2)38-32-20)39(36,37)34-19-24(18-29-34)25-8-5-9-27-30-26(31-35(25)27)17-23-12-10-22(11-13-23)7-6-16-33-14-3-4-15-33/h5,8-13,18-19H,3-4,6-7,14-17H2,1-2H3. The first-order chi connectivity index (χ1) is 18.9. The van der Waals surface area contributed by atoms with Gasteiger partial charge in [-0.25, -0.2) is 9.50 Å². The summed E-state index contributed by atoms with van der Waals surface area (Å²) in [5.41, 5.74) is 4.77. The van der Waals surface area contributed by atoms with Crippen LogP contribution in [-0.4, -0.2) is 61.9 Å². The Morgan fingerprint density at radius 2 is 1.77 bits per heavy atom. The Hall–Kier alpha value is -3.83. The fourth-order valence-electron chi connectivity index (χ4n) is 5.27. The first kappa shape index (κ1) is 25.4. The summed E-state index contributed by atoms with van der Waals surface area (Å²) >= 11 is 0. The van der Waals surface area contributed by atoms with Crippen LogP contribution in [0.4, 0.5) is 0 Å². The van der Waals surface area contributed by atoms with Gasteiger partial charge in [0.2, 0.25) is 0 Å². The van der Waals surface area contributed by atoms with Crippen molar-refractivity contribution in [1.82, 2.24) is 33.8 Å². The van der Waals surface area contributed by atoms with E-state index in [0.717, 1.165) is 16.1 Å². The molecular weight excluding hydrogens is 514 g/mol. The Bertz CT molecular complexity index is 1690. The molecule has 0 N–H and O–H groups in total. The van der Waals surface area contributed by atoms with Gasteiger partial charge in [-0.15, -0.1) is 0 Å². The zero-order valence-electron chi connectivity index (χ0n) is 22.1. The number of rotatable bonds is 9. The lowest BCUT2D eigenvalue weighted by Gasteiger charge is -2.13. The second-order valence-corrected chi connectivity index (χ2v) is 11.8. The van der Waals surface area contributed by atoms with Gasteiger partial charge in [-0.05, 0) is 82.4 Å². The molecule has 5 heterocycles. The number of pyridine rings is 1. The van der Waals surface area contributed by atoms with E-state index < -0.39 is 10.0 Å². The van der Waals surface area contributed by atoms with Crippen LogP contribution in [0.15, 0.2) is 64.3 Å². The fraction of sp³-hybridized carbons (Fsp3) is 0.357. The highest BCUT2D eigenvalue weighted by atomic mass is 32.2. The molecule has 0 radical (unpaired) electrons. The molecule has 1 fully saturated rings. The number of hydrogen-bond donors (Lipinski definition) is 0. The topological polar surface area (TPSA) is 111 Å². The average Bonchev–Trinajstić information content (AvgIpc) is 3.72. The predicted molar refractivity (Wildman–Crippen MR) is 146 cm³/mol. The molecule has 0 spiro atoms. The van der Waals surface area contributed by atoms with Gasteiger partial charge >= 0.3 is 0 Å². The molecule has 6 rings (SSSR count). The van der Waals surface area contributed by atoms with Crippen LogP contribution in [-0.2, 0) is 22.9 Å². The second-order valence-electron chi connectivity index (χ2n) is 10.1. The molecule has 1 aliphatic rings. The van der Waals surface area contributed by atoms with Crippen LogP contribution in [0.5, 0.6) is 0 Å². The molecule has 0 atom stereocenters. The zero-order chi connectivity index (χ0) is 27.0. The Labute approximate surface area is 227 Å². The van der Waals surface area contributed by atoms with Crippen molar-refractivity contribution in [2.75, 3.05) is 19.6 Å². The summed E-state index contributed by atoms with van der Waals surface area (Å²) in [6.07, 6.45) is 8.53. The third kappa shape index (κ3) is 5.11. The minimum atomic E-state index is -3.95. The van der Waals surface area contributed by atoms with Crippen LogP contribution < -0.4 is 0 Å². The van der Waals surface area contributed by atoms with Crippen LogP contribution in [0, 0.1) is 13.8 Å². The molecule has 4 aromatic heterocycles. The SMILES string of the molecule is Cc1noc(C)c1S(=O)(=O)n1cc(-c2cccc3nc(Cc4ccc(CCCN5CCCC5)cc4)nn23)cn1. The highest BCUT2D eigenvalue weighted by Crippen LogP contribution is 2.25. The van der Waals surface area contributed by atoms with Crippen LogP contribution in [0.2, 0.25) is 0 Å². The minimum absolute atomic E-state index is 0.0241. The number of hydrogen-bond acceptors (Lipinski definition) is 8. The van der Waals surface area contributed by atoms with Crippen molar-refractivity contribution < 1.29 is 12.9 Å². The lowest BCUT2D eigenvalue weighted by molar-refractivity contribution is 0.334. The molecule has 39 heavy (non-hydrogen) atoms. The summed E-state index contributed by atoms with van der Waals surface area (Å²) < 4.78 is 34.0. The number of likely N-dealkylation sites (tertiary alicyclic amines) is 1. The van der Waals surface area contributed by atoms with Crippen LogP contribution in [0.1, 0.15) is 47.7 Å². The van der Waals surface area contributed by atoms with E-state index in [1.807, 2.05) is 18.2 Å². The van der Waals surface area contributed by atoms with Crippen molar-refractivity contribution in [3.8, 4) is 11.3 Å². The molecule has 202 valence electrons. The lowest BCUT2D eigenvalue weighted by Crippen LogP contribution is -2.20. The molecule has 0 bridgehead atoms. The molecule has 0 saturated carbocycles. The molecule has 1 aromatic carbocycles. The molecular formula is C28H31N7O3S. The summed E-state index contributed by atoms with van der Waals surface area (Å²) in [5.74, 6) is 0.919. The number of aryl methyl sites for hydroxylation is 3. The lowest BCUT2D eigenvalue weighted by atomic mass is 10.1. The number of nitrogens with zero attached hydrogens (tertiary/aromatic N) is 7. The molecule has 1 aliphatic heterocycles. The molecule has 0 aliphatic carbocycles. The summed E-state index contributed by atoms with van der Waals surface area (Å²) in [6, 6.07) is 14.3. The van der Waals surface area contributed by atoms with E-state index in [-0.39, 0.29) is 10.7 Å². The van der Waals surface area contributed by atoms with Gasteiger partial charge in [0, 0.05) is 12.0 Å². The van der Waals surface area contributed by atoms with Crippen molar-refractivity contribution in [3.05, 3.63) is 83.3 Å². The minimum Gasteiger partial charge on any atom is -0.360 e. The molecule has 0 amide bonds. The molecule has 11 heteroatoms. The van der Waals surface area contributed by atoms with Gasteiger partial charge in [0.15, 0.2) is 22.1 Å². The first-order valence-corrected chi connectivity index (χ1v) is 14.7. The second kappa shape index (κ2) is 10.4. The van der Waals surface area contributed by atoms with Crippen molar-refractivity contribution in [3.63, 3.8) is 0 Å². The maximum Gasteiger partial charge on any atom is 0.288 e. The van der Waals surface area contributed by atoms with E-state index in [4.69, 9.17) is 14.6 Å². The van der Waals surface area contributed by atoms with Gasteiger partial charge in [-0.3, -0.25) is 0 Å². The van der Waals surface area contributed by atoms with Crippen molar-refractivity contribution in [2.45, 2.75) is 50.8 Å². The quantitative estimate of drug-likeness (QED) is 0.273. The molecule has 5 aromatic rings. The van der Waals surface area contributed by atoms with Gasteiger partial charge in [-0.2, -0.15) is 22.7 Å². The Morgan fingerprint density at radius 1 is 1.00 bits per heavy atom. The van der Waals surface area contributed by atoms with E-state index in [9.17, 15) is 8.42 Å². The van der Waals surface area contributed by atoms with Gasteiger partial charge in [-0.1, -0.05) is 35.5 Å². The third-order valence-corrected chi connectivity index (χ3v) is 9.05. The van der Waals surface area contributed by atoms with Gasteiger partial charge in [0.1, 0.15) is 5.69 Å². The van der Waals surface area contributed by atoms with Crippen LogP contribution >= 0.6 is 0 Å². The van der Waals surface area contributed by atoms with Crippen molar-refractivity contribution in [1.29, 1.82) is 0 Å². The Balaban J connectivity index is 1.19. The van der Waals surface area contributed by atoms with Gasteiger partial charge in [0.05, 0.1) is 18.1 Å². The highest BCUT2D eigenvalue weighted by Gasteiger charge is 2.27. The molecule has 1 saturated heterocycles. The summed E-state index contributed by atoms with van der Waals surface area (Å²) in [7, 11) is -3.95. The van der Waals surface area contributed by atoms with E-state index >= 15 is 0 Å². The van der Waals surface area contributed by atoms with E-state index in [2.05, 4.69) is 39.4 Å². The Morgan fingerprint density at radius 3 is 2.51 bits per heavy atom. The predicted octanol–water partition coefficient (Wildman–Crippen LogP) is 4.05. The molecule has 0 unspecified atom stereocenters. The van der Waals surface area contributed by atoms with E-state index in [1.165, 1.54) is 56.9 Å². The number of fused-ring (bicyclic) bond motifs is 1. The number of aromatic nitrogens is 6.